The van der Waals surface area contributed by atoms with Crippen LogP contribution in [0.1, 0.15) is 32.3 Å². The zero-order valence-corrected chi connectivity index (χ0v) is 13.1. The number of nitrogens with one attached hydrogen (secondary N) is 1. The predicted octanol–water partition coefficient (Wildman–Crippen LogP) is 4.29. The fourth-order valence-electron chi connectivity index (χ4n) is 2.75. The Labute approximate surface area is 124 Å². The summed E-state index contributed by atoms with van der Waals surface area (Å²) in [5, 5.41) is 3.75. The first-order valence-electron chi connectivity index (χ1n) is 6.87. The van der Waals surface area contributed by atoms with Crippen molar-refractivity contribution in [2.75, 3.05) is 12.3 Å². The molecular formula is C15H21ClFNS. The first-order chi connectivity index (χ1) is 9.07. The molecule has 0 aromatic heterocycles. The lowest BCUT2D eigenvalue weighted by Crippen LogP contribution is -2.46. The Hall–Kier alpha value is -0.250. The standard InChI is InChI=1S/C15H21ClFNS/c1-3-18-13(15(2)8-5-9-19-15)10-11-6-4-7-12(16)14(11)17/h4,6-7,13,18H,3,5,8-10H2,1-2H3. The molecule has 1 heterocycles. The highest BCUT2D eigenvalue weighted by atomic mass is 35.5. The van der Waals surface area contributed by atoms with E-state index in [9.17, 15) is 4.39 Å². The van der Waals surface area contributed by atoms with Gasteiger partial charge in [-0.1, -0.05) is 30.7 Å². The van der Waals surface area contributed by atoms with Crippen molar-refractivity contribution in [1.82, 2.24) is 5.32 Å². The lowest BCUT2D eigenvalue weighted by atomic mass is 9.90. The molecule has 0 radical (unpaired) electrons. The van der Waals surface area contributed by atoms with Crippen LogP contribution in [0.4, 0.5) is 4.39 Å². The van der Waals surface area contributed by atoms with Gasteiger partial charge in [0.25, 0.3) is 0 Å². The molecule has 1 saturated heterocycles. The zero-order valence-electron chi connectivity index (χ0n) is 11.5. The molecule has 1 aromatic rings. The first kappa shape index (κ1) is 15.1. The van der Waals surface area contributed by atoms with Crippen molar-refractivity contribution in [1.29, 1.82) is 0 Å². The van der Waals surface area contributed by atoms with E-state index in [1.165, 1.54) is 18.6 Å². The summed E-state index contributed by atoms with van der Waals surface area (Å²) in [4.78, 5) is 0. The Morgan fingerprint density at radius 1 is 1.53 bits per heavy atom. The number of thioether (sulfide) groups is 1. The molecule has 0 aliphatic carbocycles. The molecule has 1 nitrogen and oxygen atoms in total. The van der Waals surface area contributed by atoms with E-state index in [2.05, 4.69) is 19.2 Å². The van der Waals surface area contributed by atoms with Crippen molar-refractivity contribution in [3.8, 4) is 0 Å². The second kappa shape index (κ2) is 6.47. The molecular weight excluding hydrogens is 281 g/mol. The van der Waals surface area contributed by atoms with E-state index in [4.69, 9.17) is 11.6 Å². The smallest absolute Gasteiger partial charge is 0.145 e. The van der Waals surface area contributed by atoms with Gasteiger partial charge in [0.05, 0.1) is 5.02 Å². The number of hydrogen-bond donors (Lipinski definition) is 1. The zero-order chi connectivity index (χ0) is 13.9. The number of likely N-dealkylation sites (N-methyl/N-ethyl adjacent to an activating group) is 1. The minimum Gasteiger partial charge on any atom is -0.313 e. The average molecular weight is 302 g/mol. The molecule has 1 aliphatic rings. The summed E-state index contributed by atoms with van der Waals surface area (Å²) < 4.78 is 14.2. The van der Waals surface area contributed by atoms with Crippen LogP contribution in [-0.4, -0.2) is 23.1 Å². The van der Waals surface area contributed by atoms with Crippen LogP contribution in [0.3, 0.4) is 0 Å². The van der Waals surface area contributed by atoms with Crippen molar-refractivity contribution in [3.05, 3.63) is 34.6 Å². The van der Waals surface area contributed by atoms with Crippen LogP contribution in [-0.2, 0) is 6.42 Å². The molecule has 0 bridgehead atoms. The molecule has 0 spiro atoms. The highest BCUT2D eigenvalue weighted by molar-refractivity contribution is 8.00. The molecule has 2 rings (SSSR count). The van der Waals surface area contributed by atoms with E-state index < -0.39 is 0 Å². The lowest BCUT2D eigenvalue weighted by Gasteiger charge is -2.34. The summed E-state index contributed by atoms with van der Waals surface area (Å²) in [5.41, 5.74) is 0.715. The third-order valence-electron chi connectivity index (χ3n) is 3.89. The molecule has 1 aliphatic heterocycles. The maximum absolute atomic E-state index is 14.0. The number of halogens is 2. The highest BCUT2D eigenvalue weighted by Crippen LogP contribution is 2.41. The monoisotopic (exact) mass is 301 g/mol. The summed E-state index contributed by atoms with van der Waals surface area (Å²) in [5.74, 6) is 0.940. The third kappa shape index (κ3) is 3.45. The van der Waals surface area contributed by atoms with Gasteiger partial charge in [-0.3, -0.25) is 0 Å². The SMILES string of the molecule is CCNC(Cc1cccc(Cl)c1F)C1(C)CCCS1. The van der Waals surface area contributed by atoms with Crippen molar-refractivity contribution in [3.63, 3.8) is 0 Å². The number of rotatable bonds is 5. The Morgan fingerprint density at radius 2 is 2.32 bits per heavy atom. The third-order valence-corrected chi connectivity index (χ3v) is 5.83. The van der Waals surface area contributed by atoms with Gasteiger partial charge >= 0.3 is 0 Å². The van der Waals surface area contributed by atoms with E-state index in [1.807, 2.05) is 23.9 Å². The minimum atomic E-state index is -0.265. The van der Waals surface area contributed by atoms with Gasteiger partial charge in [0.2, 0.25) is 0 Å². The van der Waals surface area contributed by atoms with Gasteiger partial charge in [0.1, 0.15) is 5.82 Å². The Kier molecular flexibility index (Phi) is 5.15. The van der Waals surface area contributed by atoms with Crippen LogP contribution >= 0.6 is 23.4 Å². The molecule has 19 heavy (non-hydrogen) atoms. The van der Waals surface area contributed by atoms with Gasteiger partial charge in [-0.2, -0.15) is 11.8 Å². The minimum absolute atomic E-state index is 0.199. The van der Waals surface area contributed by atoms with Crippen molar-refractivity contribution in [2.45, 2.75) is 43.9 Å². The summed E-state index contributed by atoms with van der Waals surface area (Å²) in [7, 11) is 0. The molecule has 0 saturated carbocycles. The largest absolute Gasteiger partial charge is 0.313 e. The fourth-order valence-corrected chi connectivity index (χ4v) is 4.36. The van der Waals surface area contributed by atoms with E-state index in [-0.39, 0.29) is 21.6 Å². The van der Waals surface area contributed by atoms with Crippen molar-refractivity contribution >= 4 is 23.4 Å². The normalized spacial score (nSPS) is 24.6. The molecule has 2 unspecified atom stereocenters. The number of benzene rings is 1. The topological polar surface area (TPSA) is 12.0 Å². The maximum atomic E-state index is 14.0. The molecule has 1 aromatic carbocycles. The van der Waals surface area contributed by atoms with Gasteiger partial charge in [0.15, 0.2) is 0 Å². The summed E-state index contributed by atoms with van der Waals surface area (Å²) in [6.45, 7) is 5.30. The Bertz CT molecular complexity index is 432. The van der Waals surface area contributed by atoms with Crippen molar-refractivity contribution < 1.29 is 4.39 Å². The highest BCUT2D eigenvalue weighted by Gasteiger charge is 2.37. The van der Waals surface area contributed by atoms with Crippen LogP contribution < -0.4 is 5.32 Å². The Morgan fingerprint density at radius 3 is 2.95 bits per heavy atom. The maximum Gasteiger partial charge on any atom is 0.145 e. The molecule has 0 amide bonds. The average Bonchev–Trinajstić information content (AvgIpc) is 2.82. The molecule has 106 valence electrons. The second-order valence-electron chi connectivity index (χ2n) is 5.29. The van der Waals surface area contributed by atoms with Gasteiger partial charge in [-0.25, -0.2) is 4.39 Å². The van der Waals surface area contributed by atoms with Gasteiger partial charge < -0.3 is 5.32 Å². The summed E-state index contributed by atoms with van der Waals surface area (Å²) in [6, 6.07) is 5.56. The van der Waals surface area contributed by atoms with Gasteiger partial charge in [-0.05, 0) is 50.1 Å². The van der Waals surface area contributed by atoms with E-state index in [1.54, 1.807) is 6.07 Å². The first-order valence-corrected chi connectivity index (χ1v) is 8.23. The fraction of sp³-hybridized carbons (Fsp3) is 0.600. The predicted molar refractivity (Wildman–Crippen MR) is 82.7 cm³/mol. The van der Waals surface area contributed by atoms with Gasteiger partial charge in [-0.15, -0.1) is 0 Å². The van der Waals surface area contributed by atoms with Crippen LogP contribution in [0.2, 0.25) is 5.02 Å². The van der Waals surface area contributed by atoms with Crippen LogP contribution in [0.15, 0.2) is 18.2 Å². The van der Waals surface area contributed by atoms with Crippen LogP contribution in [0.5, 0.6) is 0 Å². The lowest BCUT2D eigenvalue weighted by molar-refractivity contribution is 0.401. The van der Waals surface area contributed by atoms with E-state index in [0.29, 0.717) is 12.0 Å². The molecule has 4 heteroatoms. The van der Waals surface area contributed by atoms with E-state index in [0.717, 1.165) is 6.54 Å². The summed E-state index contributed by atoms with van der Waals surface area (Å²) in [6.07, 6.45) is 3.14. The molecule has 2 atom stereocenters. The number of hydrogen-bond acceptors (Lipinski definition) is 2. The Balaban J connectivity index is 2.18. The quantitative estimate of drug-likeness (QED) is 0.871. The summed E-state index contributed by atoms with van der Waals surface area (Å²) >= 11 is 7.87. The molecule has 1 fully saturated rings. The van der Waals surface area contributed by atoms with Crippen LogP contribution in [0, 0.1) is 5.82 Å². The molecule has 1 N–H and O–H groups in total. The van der Waals surface area contributed by atoms with Gasteiger partial charge in [0, 0.05) is 10.8 Å². The van der Waals surface area contributed by atoms with E-state index >= 15 is 0 Å². The van der Waals surface area contributed by atoms with Crippen LogP contribution in [0.25, 0.3) is 0 Å². The van der Waals surface area contributed by atoms with Crippen molar-refractivity contribution in [2.24, 2.45) is 0 Å². The second-order valence-corrected chi connectivity index (χ2v) is 7.33.